The van der Waals surface area contributed by atoms with Gasteiger partial charge in [-0.2, -0.15) is 0 Å². The summed E-state index contributed by atoms with van der Waals surface area (Å²) >= 11 is 1.40. The first-order valence-corrected chi connectivity index (χ1v) is 6.30. The standard InChI is InChI=1S/C13H11F2NOS/c1-8-7-18-12(16-8)6-10(17)5-9-3-2-4-11(14)13(9)15/h2-4,7H,5-6H2,1H3. The Morgan fingerprint density at radius 3 is 2.78 bits per heavy atom. The smallest absolute Gasteiger partial charge is 0.162 e. The minimum atomic E-state index is -0.943. The van der Waals surface area contributed by atoms with Gasteiger partial charge in [0.05, 0.1) is 6.42 Å². The molecule has 0 unspecified atom stereocenters. The lowest BCUT2D eigenvalue weighted by Gasteiger charge is -2.02. The highest BCUT2D eigenvalue weighted by Gasteiger charge is 2.13. The second-order valence-electron chi connectivity index (χ2n) is 3.99. The molecule has 0 amide bonds. The Balaban J connectivity index is 2.05. The van der Waals surface area contributed by atoms with Crippen LogP contribution in [0.3, 0.4) is 0 Å². The van der Waals surface area contributed by atoms with Crippen LogP contribution in [0, 0.1) is 18.6 Å². The van der Waals surface area contributed by atoms with Crippen molar-refractivity contribution < 1.29 is 13.6 Å². The highest BCUT2D eigenvalue weighted by Crippen LogP contribution is 2.14. The van der Waals surface area contributed by atoms with E-state index >= 15 is 0 Å². The van der Waals surface area contributed by atoms with Crippen LogP contribution >= 0.6 is 11.3 Å². The maximum atomic E-state index is 13.4. The van der Waals surface area contributed by atoms with Gasteiger partial charge in [-0.1, -0.05) is 12.1 Å². The third-order valence-electron chi connectivity index (χ3n) is 2.43. The van der Waals surface area contributed by atoms with E-state index in [4.69, 9.17) is 0 Å². The van der Waals surface area contributed by atoms with Gasteiger partial charge in [-0.25, -0.2) is 13.8 Å². The van der Waals surface area contributed by atoms with Crippen LogP contribution in [0.15, 0.2) is 23.6 Å². The number of halogens is 2. The topological polar surface area (TPSA) is 30.0 Å². The van der Waals surface area contributed by atoms with Crippen molar-refractivity contribution in [1.29, 1.82) is 0 Å². The number of nitrogens with zero attached hydrogens (tertiary/aromatic N) is 1. The van der Waals surface area contributed by atoms with Gasteiger partial charge in [0.25, 0.3) is 0 Å². The molecule has 0 N–H and O–H groups in total. The van der Waals surface area contributed by atoms with Crippen LogP contribution in [0.25, 0.3) is 0 Å². The lowest BCUT2D eigenvalue weighted by Crippen LogP contribution is -2.08. The summed E-state index contributed by atoms with van der Waals surface area (Å²) < 4.78 is 26.3. The average molecular weight is 267 g/mol. The molecule has 1 aromatic heterocycles. The molecule has 0 aliphatic heterocycles. The summed E-state index contributed by atoms with van der Waals surface area (Å²) in [6.07, 6.45) is 0.0523. The molecule has 0 radical (unpaired) electrons. The molecule has 0 aliphatic rings. The van der Waals surface area contributed by atoms with Crippen molar-refractivity contribution in [2.24, 2.45) is 0 Å². The maximum Gasteiger partial charge on any atom is 0.162 e. The zero-order chi connectivity index (χ0) is 13.1. The first kappa shape index (κ1) is 12.8. The molecule has 2 nitrogen and oxygen atoms in total. The number of rotatable bonds is 4. The molecular weight excluding hydrogens is 256 g/mol. The summed E-state index contributed by atoms with van der Waals surface area (Å²) in [5.41, 5.74) is 0.952. The van der Waals surface area contributed by atoms with Gasteiger partial charge in [-0.3, -0.25) is 4.79 Å². The number of Topliss-reactive ketones (excluding diaryl/α,β-unsaturated/α-hetero) is 1. The van der Waals surface area contributed by atoms with Crippen molar-refractivity contribution in [2.75, 3.05) is 0 Å². The molecule has 0 saturated heterocycles. The molecule has 0 fully saturated rings. The number of hydrogen-bond donors (Lipinski definition) is 0. The predicted octanol–water partition coefficient (Wildman–Crippen LogP) is 3.08. The molecule has 2 rings (SSSR count). The fraction of sp³-hybridized carbons (Fsp3) is 0.231. The molecule has 0 spiro atoms. The van der Waals surface area contributed by atoms with Crippen molar-refractivity contribution in [1.82, 2.24) is 4.98 Å². The number of aromatic nitrogens is 1. The van der Waals surface area contributed by atoms with Crippen molar-refractivity contribution in [3.63, 3.8) is 0 Å². The number of aryl methyl sites for hydroxylation is 1. The molecule has 0 aliphatic carbocycles. The van der Waals surface area contributed by atoms with E-state index in [-0.39, 0.29) is 24.2 Å². The molecule has 2 aromatic rings. The van der Waals surface area contributed by atoms with E-state index in [0.717, 1.165) is 11.8 Å². The van der Waals surface area contributed by atoms with E-state index < -0.39 is 11.6 Å². The predicted molar refractivity (Wildman–Crippen MR) is 65.6 cm³/mol. The fourth-order valence-electron chi connectivity index (χ4n) is 1.61. The zero-order valence-corrected chi connectivity index (χ0v) is 10.6. The summed E-state index contributed by atoms with van der Waals surface area (Å²) in [6, 6.07) is 3.85. The molecule has 0 atom stereocenters. The number of ketones is 1. The third-order valence-corrected chi connectivity index (χ3v) is 3.40. The molecule has 0 bridgehead atoms. The summed E-state index contributed by atoms with van der Waals surface area (Å²) in [7, 11) is 0. The quantitative estimate of drug-likeness (QED) is 0.852. The van der Waals surface area contributed by atoms with Gasteiger partial charge in [0, 0.05) is 17.5 Å². The van der Waals surface area contributed by atoms with E-state index in [1.807, 2.05) is 12.3 Å². The first-order valence-electron chi connectivity index (χ1n) is 5.42. The molecule has 94 valence electrons. The second kappa shape index (κ2) is 5.35. The fourth-order valence-corrected chi connectivity index (χ4v) is 2.41. The minimum absolute atomic E-state index is 0.0910. The monoisotopic (exact) mass is 267 g/mol. The number of hydrogen-bond acceptors (Lipinski definition) is 3. The molecular formula is C13H11F2NOS. The third kappa shape index (κ3) is 2.98. The Labute approximate surface area is 107 Å². The Hall–Kier alpha value is -1.62. The Morgan fingerprint density at radius 1 is 1.33 bits per heavy atom. The summed E-state index contributed by atoms with van der Waals surface area (Å²) in [4.78, 5) is 15.9. The molecule has 18 heavy (non-hydrogen) atoms. The Bertz CT molecular complexity index is 580. The van der Waals surface area contributed by atoms with Gasteiger partial charge in [0.15, 0.2) is 11.6 Å². The van der Waals surface area contributed by atoms with E-state index in [2.05, 4.69) is 4.98 Å². The van der Waals surface area contributed by atoms with Crippen molar-refractivity contribution >= 4 is 17.1 Å². The number of thiazole rings is 1. The number of carbonyl (C=O) groups excluding carboxylic acids is 1. The van der Waals surface area contributed by atoms with Crippen LogP contribution in [0.5, 0.6) is 0 Å². The summed E-state index contributed by atoms with van der Waals surface area (Å²) in [5, 5.41) is 2.56. The van der Waals surface area contributed by atoms with Gasteiger partial charge in [-0.05, 0) is 18.6 Å². The Morgan fingerprint density at radius 2 is 2.11 bits per heavy atom. The van der Waals surface area contributed by atoms with Gasteiger partial charge in [-0.15, -0.1) is 11.3 Å². The van der Waals surface area contributed by atoms with Gasteiger partial charge < -0.3 is 0 Å². The van der Waals surface area contributed by atoms with Crippen LogP contribution in [0.4, 0.5) is 8.78 Å². The van der Waals surface area contributed by atoms with E-state index in [1.165, 1.54) is 23.5 Å². The largest absolute Gasteiger partial charge is 0.299 e. The Kier molecular flexibility index (Phi) is 3.81. The van der Waals surface area contributed by atoms with Crippen LogP contribution in [-0.2, 0) is 17.6 Å². The van der Waals surface area contributed by atoms with Crippen molar-refractivity contribution in [3.05, 3.63) is 51.5 Å². The molecule has 5 heteroatoms. The highest BCUT2D eigenvalue weighted by molar-refractivity contribution is 7.09. The number of benzene rings is 1. The maximum absolute atomic E-state index is 13.4. The van der Waals surface area contributed by atoms with E-state index in [0.29, 0.717) is 5.01 Å². The second-order valence-corrected chi connectivity index (χ2v) is 4.93. The van der Waals surface area contributed by atoms with E-state index in [9.17, 15) is 13.6 Å². The molecule has 1 heterocycles. The van der Waals surface area contributed by atoms with Crippen LogP contribution in [-0.4, -0.2) is 10.8 Å². The van der Waals surface area contributed by atoms with Crippen molar-refractivity contribution in [3.8, 4) is 0 Å². The summed E-state index contributed by atoms with van der Waals surface area (Å²) in [6.45, 7) is 1.84. The first-order chi connectivity index (χ1) is 8.56. The lowest BCUT2D eigenvalue weighted by atomic mass is 10.1. The van der Waals surface area contributed by atoms with Gasteiger partial charge in [0.2, 0.25) is 0 Å². The molecule has 1 aromatic carbocycles. The SMILES string of the molecule is Cc1csc(CC(=O)Cc2cccc(F)c2F)n1. The van der Waals surface area contributed by atoms with Crippen LogP contribution in [0.1, 0.15) is 16.3 Å². The molecule has 0 saturated carbocycles. The normalized spacial score (nSPS) is 10.6. The van der Waals surface area contributed by atoms with Crippen LogP contribution in [0.2, 0.25) is 0 Å². The lowest BCUT2D eigenvalue weighted by molar-refractivity contribution is -0.117. The van der Waals surface area contributed by atoms with E-state index in [1.54, 1.807) is 0 Å². The minimum Gasteiger partial charge on any atom is -0.299 e. The van der Waals surface area contributed by atoms with Crippen LogP contribution < -0.4 is 0 Å². The highest BCUT2D eigenvalue weighted by atomic mass is 32.1. The summed E-state index contributed by atoms with van der Waals surface area (Å²) in [5.74, 6) is -2.04. The average Bonchev–Trinajstić information content (AvgIpc) is 2.70. The van der Waals surface area contributed by atoms with Crippen molar-refractivity contribution in [2.45, 2.75) is 19.8 Å². The number of carbonyl (C=O) groups is 1. The zero-order valence-electron chi connectivity index (χ0n) is 9.74. The van der Waals surface area contributed by atoms with Gasteiger partial charge in [0.1, 0.15) is 10.8 Å². The van der Waals surface area contributed by atoms with Gasteiger partial charge >= 0.3 is 0 Å².